The summed E-state index contributed by atoms with van der Waals surface area (Å²) in [7, 11) is 0.00975. The Morgan fingerprint density at radius 1 is 1.15 bits per heavy atom. The maximum Gasteiger partial charge on any atom is 0.253 e. The maximum absolute atomic E-state index is 13.0. The molecule has 1 aromatic carbocycles. The molecule has 0 aliphatic carbocycles. The summed E-state index contributed by atoms with van der Waals surface area (Å²) in [5, 5.41) is 0. The summed E-state index contributed by atoms with van der Waals surface area (Å²) in [5.74, 6) is -0.108. The summed E-state index contributed by atoms with van der Waals surface area (Å²) < 4.78 is 32.8. The number of piperidine rings is 1. The summed E-state index contributed by atoms with van der Waals surface area (Å²) in [4.78, 5) is 16.9. The van der Waals surface area contributed by atoms with Gasteiger partial charge in [0.15, 0.2) is 0 Å². The van der Waals surface area contributed by atoms with E-state index in [-0.39, 0.29) is 16.9 Å². The molecule has 0 spiro atoms. The van der Waals surface area contributed by atoms with Gasteiger partial charge in [0.05, 0.1) is 11.0 Å². The quantitative estimate of drug-likeness (QED) is 0.774. The van der Waals surface area contributed by atoms with Gasteiger partial charge in [0.1, 0.15) is 0 Å². The number of rotatable bonds is 4. The lowest BCUT2D eigenvalue weighted by Gasteiger charge is -2.33. The van der Waals surface area contributed by atoms with Gasteiger partial charge in [0.25, 0.3) is 5.91 Å². The van der Waals surface area contributed by atoms with Gasteiger partial charge in [-0.25, -0.2) is 8.42 Å². The monoisotopic (exact) mass is 381 g/mol. The van der Waals surface area contributed by atoms with E-state index >= 15 is 0 Å². The molecule has 26 heavy (non-hydrogen) atoms. The number of hydrogen-bond acceptors (Lipinski definition) is 5. The molecule has 2 aliphatic heterocycles. The molecule has 0 saturated carbocycles. The lowest BCUT2D eigenvalue weighted by atomic mass is 10.1. The molecule has 0 bridgehead atoms. The number of methoxy groups -OCH3 is 1. The second-order valence-corrected chi connectivity index (χ2v) is 8.92. The molecular formula is C18H27N3O4S. The maximum atomic E-state index is 13.0. The average Bonchev–Trinajstić information content (AvgIpc) is 2.68. The zero-order valence-electron chi connectivity index (χ0n) is 15.4. The number of likely N-dealkylation sites (N-methyl/N-ethyl adjacent to an activating group) is 1. The lowest BCUT2D eigenvalue weighted by molar-refractivity contribution is 0.0571. The molecule has 1 atom stereocenters. The fourth-order valence-corrected chi connectivity index (χ4v) is 5.00. The van der Waals surface area contributed by atoms with Crippen molar-refractivity contribution < 1.29 is 17.9 Å². The smallest absolute Gasteiger partial charge is 0.253 e. The van der Waals surface area contributed by atoms with Gasteiger partial charge in [-0.2, -0.15) is 4.31 Å². The fourth-order valence-electron chi connectivity index (χ4n) is 3.45. The Bertz CT molecular complexity index is 745. The van der Waals surface area contributed by atoms with Crippen molar-refractivity contribution in [3.05, 3.63) is 29.8 Å². The molecular weight excluding hydrogens is 354 g/mol. The first-order chi connectivity index (χ1) is 12.4. The summed E-state index contributed by atoms with van der Waals surface area (Å²) in [6.45, 7) is 3.82. The van der Waals surface area contributed by atoms with Gasteiger partial charge in [-0.1, -0.05) is 6.07 Å². The number of hydrogen-bond donors (Lipinski definition) is 0. The van der Waals surface area contributed by atoms with Gasteiger partial charge in [0.2, 0.25) is 10.0 Å². The zero-order valence-corrected chi connectivity index (χ0v) is 16.2. The van der Waals surface area contributed by atoms with Gasteiger partial charge in [-0.3, -0.25) is 4.79 Å². The number of amides is 1. The van der Waals surface area contributed by atoms with Crippen LogP contribution in [0.2, 0.25) is 0 Å². The van der Waals surface area contributed by atoms with E-state index in [2.05, 4.69) is 4.90 Å². The van der Waals surface area contributed by atoms with Crippen LogP contribution in [0.4, 0.5) is 0 Å². The highest BCUT2D eigenvalue weighted by atomic mass is 32.2. The summed E-state index contributed by atoms with van der Waals surface area (Å²) in [6.07, 6.45) is 1.57. The van der Waals surface area contributed by atoms with Crippen molar-refractivity contribution in [2.75, 3.05) is 53.4 Å². The molecule has 3 rings (SSSR count). The van der Waals surface area contributed by atoms with Crippen LogP contribution in [-0.4, -0.2) is 88.0 Å². The van der Waals surface area contributed by atoms with Crippen molar-refractivity contribution in [2.24, 2.45) is 0 Å². The number of carbonyl (C=O) groups excluding carboxylic acids is 1. The van der Waals surface area contributed by atoms with E-state index in [1.807, 2.05) is 7.05 Å². The van der Waals surface area contributed by atoms with Crippen molar-refractivity contribution in [1.82, 2.24) is 14.1 Å². The third-order valence-electron chi connectivity index (χ3n) is 5.18. The SMILES string of the molecule is CO[C@H]1CCCN(S(=O)(=O)c2cccc(C(=O)N3CCN(C)CC3)c2)C1. The van der Waals surface area contributed by atoms with Crippen LogP contribution < -0.4 is 0 Å². The highest BCUT2D eigenvalue weighted by Gasteiger charge is 2.31. The van der Waals surface area contributed by atoms with E-state index in [0.29, 0.717) is 31.7 Å². The van der Waals surface area contributed by atoms with Crippen molar-refractivity contribution >= 4 is 15.9 Å². The van der Waals surface area contributed by atoms with E-state index in [1.54, 1.807) is 30.2 Å². The first-order valence-corrected chi connectivity index (χ1v) is 10.5. The van der Waals surface area contributed by atoms with Crippen LogP contribution in [0.1, 0.15) is 23.2 Å². The number of ether oxygens (including phenoxy) is 1. The molecule has 144 valence electrons. The largest absolute Gasteiger partial charge is 0.380 e. The van der Waals surface area contributed by atoms with Crippen LogP contribution in [-0.2, 0) is 14.8 Å². The van der Waals surface area contributed by atoms with Gasteiger partial charge >= 0.3 is 0 Å². The van der Waals surface area contributed by atoms with Gasteiger partial charge in [0, 0.05) is 51.9 Å². The zero-order chi connectivity index (χ0) is 18.7. The van der Waals surface area contributed by atoms with E-state index in [9.17, 15) is 13.2 Å². The van der Waals surface area contributed by atoms with Crippen LogP contribution in [0.15, 0.2) is 29.2 Å². The third kappa shape index (κ3) is 4.09. The summed E-state index contributed by atoms with van der Waals surface area (Å²) >= 11 is 0. The Morgan fingerprint density at radius 3 is 2.58 bits per heavy atom. The van der Waals surface area contributed by atoms with Gasteiger partial charge in [-0.05, 0) is 38.1 Å². The second-order valence-electron chi connectivity index (χ2n) is 6.99. The van der Waals surface area contributed by atoms with Crippen LogP contribution >= 0.6 is 0 Å². The Morgan fingerprint density at radius 2 is 1.88 bits per heavy atom. The molecule has 2 heterocycles. The molecule has 1 amide bonds. The molecule has 0 radical (unpaired) electrons. The molecule has 0 unspecified atom stereocenters. The summed E-state index contributed by atoms with van der Waals surface area (Å²) in [5.41, 5.74) is 0.427. The number of sulfonamides is 1. The molecule has 1 aromatic rings. The molecule has 7 nitrogen and oxygen atoms in total. The third-order valence-corrected chi connectivity index (χ3v) is 7.04. The average molecular weight is 381 g/mol. The Balaban J connectivity index is 1.79. The topological polar surface area (TPSA) is 70.2 Å². The van der Waals surface area contributed by atoms with Crippen molar-refractivity contribution in [3.63, 3.8) is 0 Å². The van der Waals surface area contributed by atoms with E-state index < -0.39 is 10.0 Å². The second kappa shape index (κ2) is 8.04. The van der Waals surface area contributed by atoms with Crippen LogP contribution in [0.25, 0.3) is 0 Å². The number of carbonyl (C=O) groups is 1. The normalized spacial score (nSPS) is 23.2. The minimum absolute atomic E-state index is 0.0753. The highest BCUT2D eigenvalue weighted by Crippen LogP contribution is 2.23. The summed E-state index contributed by atoms with van der Waals surface area (Å²) in [6, 6.07) is 6.40. The predicted molar refractivity (Wildman–Crippen MR) is 98.6 cm³/mol. The molecule has 2 fully saturated rings. The van der Waals surface area contributed by atoms with E-state index in [0.717, 1.165) is 25.9 Å². The van der Waals surface area contributed by atoms with E-state index in [4.69, 9.17) is 4.74 Å². The highest BCUT2D eigenvalue weighted by molar-refractivity contribution is 7.89. The van der Waals surface area contributed by atoms with Gasteiger partial charge in [-0.15, -0.1) is 0 Å². The van der Waals surface area contributed by atoms with E-state index in [1.165, 1.54) is 10.4 Å². The minimum atomic E-state index is -3.63. The van der Waals surface area contributed by atoms with Crippen LogP contribution in [0.5, 0.6) is 0 Å². The Kier molecular flexibility index (Phi) is 5.96. The van der Waals surface area contributed by atoms with Crippen LogP contribution in [0, 0.1) is 0 Å². The van der Waals surface area contributed by atoms with Crippen molar-refractivity contribution in [3.8, 4) is 0 Å². The molecule has 8 heteroatoms. The predicted octanol–water partition coefficient (Wildman–Crippen LogP) is 0.874. The fraction of sp³-hybridized carbons (Fsp3) is 0.611. The van der Waals surface area contributed by atoms with Crippen molar-refractivity contribution in [1.29, 1.82) is 0 Å². The first-order valence-electron chi connectivity index (χ1n) is 9.02. The molecule has 0 N–H and O–H groups in total. The van der Waals surface area contributed by atoms with Gasteiger partial charge < -0.3 is 14.5 Å². The number of benzene rings is 1. The van der Waals surface area contributed by atoms with Crippen LogP contribution in [0.3, 0.4) is 0 Å². The molecule has 2 aliphatic rings. The Labute approximate surface area is 155 Å². The standard InChI is InChI=1S/C18H27N3O4S/c1-19-9-11-20(12-10-19)18(22)15-5-3-7-17(13-15)26(23,24)21-8-4-6-16(14-21)25-2/h3,5,7,13,16H,4,6,8-12,14H2,1-2H3/t16-/m0/s1. The van der Waals surface area contributed by atoms with Crippen molar-refractivity contribution in [2.45, 2.75) is 23.8 Å². The minimum Gasteiger partial charge on any atom is -0.380 e. The molecule has 2 saturated heterocycles. The number of piperazine rings is 1. The first kappa shape index (κ1) is 19.3. The lowest BCUT2D eigenvalue weighted by Crippen LogP contribution is -2.47. The number of nitrogens with zero attached hydrogens (tertiary/aromatic N) is 3. The molecule has 0 aromatic heterocycles. The Hall–Kier alpha value is -1.48.